The molecular weight excluding hydrogens is 254 g/mol. The number of nitrogens with one attached hydrogen (secondary N) is 3. The maximum atomic E-state index is 12.0. The summed E-state index contributed by atoms with van der Waals surface area (Å²) in [6, 6.07) is 7.90. The van der Waals surface area contributed by atoms with Gasteiger partial charge in [0.25, 0.3) is 0 Å². The monoisotopic (exact) mass is 275 g/mol. The lowest BCUT2D eigenvalue weighted by molar-refractivity contribution is -0.127. The molecule has 1 aromatic rings. The Morgan fingerprint density at radius 3 is 2.70 bits per heavy atom. The van der Waals surface area contributed by atoms with Gasteiger partial charge in [0.05, 0.1) is 12.6 Å². The number of benzene rings is 1. The van der Waals surface area contributed by atoms with Crippen LogP contribution in [0, 0.1) is 0 Å². The van der Waals surface area contributed by atoms with Gasteiger partial charge in [-0.1, -0.05) is 24.3 Å². The molecule has 2 rings (SSSR count). The summed E-state index contributed by atoms with van der Waals surface area (Å²) in [5, 5.41) is 8.61. The molecule has 5 nitrogen and oxygen atoms in total. The normalized spacial score (nSPS) is 17.4. The molecule has 2 amide bonds. The molecular formula is C15H21N3O2. The summed E-state index contributed by atoms with van der Waals surface area (Å²) < 4.78 is 0. The average Bonchev–Trinajstić information content (AvgIpc) is 2.43. The molecule has 1 aromatic carbocycles. The molecule has 108 valence electrons. The van der Waals surface area contributed by atoms with Crippen LogP contribution in [-0.4, -0.2) is 30.4 Å². The molecule has 0 saturated heterocycles. The zero-order chi connectivity index (χ0) is 14.5. The second-order valence-electron chi connectivity index (χ2n) is 5.35. The van der Waals surface area contributed by atoms with Gasteiger partial charge >= 0.3 is 0 Å². The Hall–Kier alpha value is -1.88. The van der Waals surface area contributed by atoms with Crippen molar-refractivity contribution in [2.75, 3.05) is 6.54 Å². The van der Waals surface area contributed by atoms with E-state index < -0.39 is 0 Å². The van der Waals surface area contributed by atoms with Gasteiger partial charge in [-0.3, -0.25) is 9.59 Å². The standard InChI is InChI=1S/C15H21N3O2/c1-10(2)18-14(19)9-17-15(20)13-7-11-5-3-4-6-12(11)8-16-13/h3-6,10,13,16H,7-9H2,1-2H3,(H,17,20)(H,18,19)/t13-/m1/s1. The minimum Gasteiger partial charge on any atom is -0.352 e. The van der Waals surface area contributed by atoms with Crippen LogP contribution in [0.4, 0.5) is 0 Å². The SMILES string of the molecule is CC(C)NC(=O)CNC(=O)[C@H]1Cc2ccccc2CN1. The quantitative estimate of drug-likeness (QED) is 0.742. The summed E-state index contributed by atoms with van der Waals surface area (Å²) in [6.45, 7) is 4.49. The fraction of sp³-hybridized carbons (Fsp3) is 0.467. The van der Waals surface area contributed by atoms with Gasteiger partial charge < -0.3 is 16.0 Å². The van der Waals surface area contributed by atoms with Gasteiger partial charge in [-0.2, -0.15) is 0 Å². The van der Waals surface area contributed by atoms with Gasteiger partial charge in [-0.15, -0.1) is 0 Å². The lowest BCUT2D eigenvalue weighted by Crippen LogP contribution is -2.50. The van der Waals surface area contributed by atoms with E-state index in [1.165, 1.54) is 11.1 Å². The summed E-state index contributed by atoms with van der Waals surface area (Å²) in [6.07, 6.45) is 0.661. The third-order valence-electron chi connectivity index (χ3n) is 3.27. The molecule has 0 bridgehead atoms. The van der Waals surface area contributed by atoms with Crippen molar-refractivity contribution in [3.8, 4) is 0 Å². The number of carbonyl (C=O) groups is 2. The molecule has 0 aliphatic carbocycles. The van der Waals surface area contributed by atoms with Crippen molar-refractivity contribution in [2.24, 2.45) is 0 Å². The molecule has 0 fully saturated rings. The molecule has 1 heterocycles. The predicted molar refractivity (Wildman–Crippen MR) is 77.1 cm³/mol. The number of hydrogen-bond acceptors (Lipinski definition) is 3. The zero-order valence-corrected chi connectivity index (χ0v) is 11.9. The first-order valence-electron chi connectivity index (χ1n) is 6.93. The third kappa shape index (κ3) is 3.81. The zero-order valence-electron chi connectivity index (χ0n) is 11.9. The molecule has 20 heavy (non-hydrogen) atoms. The molecule has 0 unspecified atom stereocenters. The molecule has 3 N–H and O–H groups in total. The van der Waals surface area contributed by atoms with Gasteiger partial charge in [0.1, 0.15) is 0 Å². The van der Waals surface area contributed by atoms with Crippen LogP contribution < -0.4 is 16.0 Å². The van der Waals surface area contributed by atoms with E-state index >= 15 is 0 Å². The lowest BCUT2D eigenvalue weighted by Gasteiger charge is -2.25. The summed E-state index contributed by atoms with van der Waals surface area (Å²) in [5.74, 6) is -0.289. The van der Waals surface area contributed by atoms with Crippen LogP contribution >= 0.6 is 0 Å². The molecule has 0 saturated carbocycles. The Kier molecular flexibility index (Phi) is 4.74. The van der Waals surface area contributed by atoms with E-state index in [1.807, 2.05) is 32.0 Å². The van der Waals surface area contributed by atoms with Crippen LogP contribution in [0.3, 0.4) is 0 Å². The molecule has 1 aliphatic rings. The predicted octanol–water partition coefficient (Wildman–Crippen LogP) is 0.342. The Morgan fingerprint density at radius 2 is 2.00 bits per heavy atom. The molecule has 0 radical (unpaired) electrons. The van der Waals surface area contributed by atoms with Crippen LogP contribution in [0.1, 0.15) is 25.0 Å². The summed E-state index contributed by atoms with van der Waals surface area (Å²) in [4.78, 5) is 23.5. The van der Waals surface area contributed by atoms with Gasteiger partial charge in [-0.25, -0.2) is 0 Å². The largest absolute Gasteiger partial charge is 0.352 e. The number of rotatable bonds is 4. The molecule has 0 spiro atoms. The highest BCUT2D eigenvalue weighted by Crippen LogP contribution is 2.16. The topological polar surface area (TPSA) is 70.2 Å². The van der Waals surface area contributed by atoms with Crippen molar-refractivity contribution < 1.29 is 9.59 Å². The minimum absolute atomic E-state index is 0.0246. The highest BCUT2D eigenvalue weighted by molar-refractivity contribution is 5.87. The fourth-order valence-corrected chi connectivity index (χ4v) is 2.30. The number of carbonyl (C=O) groups excluding carboxylic acids is 2. The fourth-order valence-electron chi connectivity index (χ4n) is 2.30. The van der Waals surface area contributed by atoms with E-state index in [-0.39, 0.29) is 30.4 Å². The first-order chi connectivity index (χ1) is 9.56. The maximum absolute atomic E-state index is 12.0. The first kappa shape index (κ1) is 14.5. The molecule has 1 aliphatic heterocycles. The smallest absolute Gasteiger partial charge is 0.239 e. The van der Waals surface area contributed by atoms with Gasteiger partial charge in [0.15, 0.2) is 0 Å². The molecule has 1 atom stereocenters. The average molecular weight is 275 g/mol. The summed E-state index contributed by atoms with van der Waals surface area (Å²) in [5.41, 5.74) is 2.42. The Labute approximate surface area is 119 Å². The Morgan fingerprint density at radius 1 is 1.30 bits per heavy atom. The second-order valence-corrected chi connectivity index (χ2v) is 5.35. The Bertz CT molecular complexity index is 500. The van der Waals surface area contributed by atoms with Crippen LogP contribution in [0.2, 0.25) is 0 Å². The van der Waals surface area contributed by atoms with Crippen LogP contribution in [-0.2, 0) is 22.6 Å². The van der Waals surface area contributed by atoms with Gasteiger partial charge in [0, 0.05) is 12.6 Å². The molecule has 0 aromatic heterocycles. The van der Waals surface area contributed by atoms with Crippen molar-refractivity contribution in [3.63, 3.8) is 0 Å². The van der Waals surface area contributed by atoms with Gasteiger partial charge in [0.2, 0.25) is 11.8 Å². The molecule has 5 heteroatoms. The first-order valence-corrected chi connectivity index (χ1v) is 6.93. The van der Waals surface area contributed by atoms with Crippen molar-refractivity contribution in [2.45, 2.75) is 38.9 Å². The van der Waals surface area contributed by atoms with Crippen molar-refractivity contribution >= 4 is 11.8 Å². The van der Waals surface area contributed by atoms with E-state index in [9.17, 15) is 9.59 Å². The van der Waals surface area contributed by atoms with Crippen LogP contribution in [0.25, 0.3) is 0 Å². The highest BCUT2D eigenvalue weighted by Gasteiger charge is 2.23. The minimum atomic E-state index is -0.267. The number of amides is 2. The van der Waals surface area contributed by atoms with E-state index in [0.717, 1.165) is 0 Å². The van der Waals surface area contributed by atoms with Crippen molar-refractivity contribution in [3.05, 3.63) is 35.4 Å². The van der Waals surface area contributed by atoms with Crippen LogP contribution in [0.15, 0.2) is 24.3 Å². The Balaban J connectivity index is 1.84. The van der Waals surface area contributed by atoms with E-state index in [4.69, 9.17) is 0 Å². The summed E-state index contributed by atoms with van der Waals surface area (Å²) >= 11 is 0. The van der Waals surface area contributed by atoms with Crippen molar-refractivity contribution in [1.82, 2.24) is 16.0 Å². The second kappa shape index (κ2) is 6.52. The van der Waals surface area contributed by atoms with E-state index in [1.54, 1.807) is 0 Å². The maximum Gasteiger partial charge on any atom is 0.239 e. The lowest BCUT2D eigenvalue weighted by atomic mass is 9.95. The van der Waals surface area contributed by atoms with E-state index in [0.29, 0.717) is 13.0 Å². The number of fused-ring (bicyclic) bond motifs is 1. The number of hydrogen-bond donors (Lipinski definition) is 3. The van der Waals surface area contributed by atoms with Crippen molar-refractivity contribution in [1.29, 1.82) is 0 Å². The third-order valence-corrected chi connectivity index (χ3v) is 3.27. The highest BCUT2D eigenvalue weighted by atomic mass is 16.2. The summed E-state index contributed by atoms with van der Waals surface area (Å²) in [7, 11) is 0. The van der Waals surface area contributed by atoms with Gasteiger partial charge in [-0.05, 0) is 31.4 Å². The van der Waals surface area contributed by atoms with E-state index in [2.05, 4.69) is 22.0 Å². The van der Waals surface area contributed by atoms with Crippen LogP contribution in [0.5, 0.6) is 0 Å².